The zero-order valence-corrected chi connectivity index (χ0v) is 14.7. The molecule has 0 bridgehead atoms. The lowest BCUT2D eigenvalue weighted by atomic mass is 10.1. The van der Waals surface area contributed by atoms with Crippen molar-refractivity contribution in [3.8, 4) is 0 Å². The van der Waals surface area contributed by atoms with E-state index >= 15 is 0 Å². The Morgan fingerprint density at radius 3 is 2.72 bits per heavy atom. The minimum absolute atomic E-state index is 0.144. The molecule has 4 rings (SSSR count). The molecule has 0 atom stereocenters. The smallest absolute Gasteiger partial charge is 0.266 e. The van der Waals surface area contributed by atoms with E-state index in [4.69, 9.17) is 16.1 Å². The Morgan fingerprint density at radius 1 is 1.28 bits per heavy atom. The highest BCUT2D eigenvalue weighted by atomic mass is 35.5. The molecule has 1 fully saturated rings. The van der Waals surface area contributed by atoms with Gasteiger partial charge in [0.15, 0.2) is 5.82 Å². The van der Waals surface area contributed by atoms with Crippen LogP contribution >= 0.6 is 11.6 Å². The van der Waals surface area contributed by atoms with Gasteiger partial charge in [-0.05, 0) is 18.0 Å². The third kappa shape index (κ3) is 2.84. The number of hydrogen-bond donors (Lipinski definition) is 0. The van der Waals surface area contributed by atoms with Crippen LogP contribution in [-0.2, 0) is 0 Å². The predicted octanol–water partition coefficient (Wildman–Crippen LogP) is 3.57. The summed E-state index contributed by atoms with van der Waals surface area (Å²) in [5.41, 5.74) is 0.539. The zero-order valence-electron chi connectivity index (χ0n) is 14.0. The van der Waals surface area contributed by atoms with Gasteiger partial charge in [0.05, 0.1) is 5.39 Å². The number of hydrogen-bond acceptors (Lipinski definition) is 6. The van der Waals surface area contributed by atoms with E-state index in [0.717, 1.165) is 25.9 Å². The molecule has 132 valence electrons. The zero-order chi connectivity index (χ0) is 17.6. The average molecular weight is 365 g/mol. The first kappa shape index (κ1) is 16.3. The van der Waals surface area contributed by atoms with E-state index in [1.54, 1.807) is 0 Å². The Labute approximate surface area is 148 Å². The first-order valence-corrected chi connectivity index (χ1v) is 8.67. The Hall–Kier alpha value is -2.22. The molecule has 0 N–H and O–H groups in total. The fourth-order valence-corrected chi connectivity index (χ4v) is 3.44. The molecule has 1 aliphatic rings. The SMILES string of the molecule is CC(C)c1nc(N2CCC(n3cc(F)c4c(Cl)ncnc43)CC2)no1. The van der Waals surface area contributed by atoms with E-state index in [-0.39, 0.29) is 28.3 Å². The Kier molecular flexibility index (Phi) is 4.07. The molecule has 1 saturated heterocycles. The second-order valence-corrected chi connectivity index (χ2v) is 6.91. The van der Waals surface area contributed by atoms with Crippen molar-refractivity contribution in [3.05, 3.63) is 29.4 Å². The summed E-state index contributed by atoms with van der Waals surface area (Å²) in [6.07, 6.45) is 4.49. The Balaban J connectivity index is 1.53. The van der Waals surface area contributed by atoms with Crippen LogP contribution in [0.4, 0.5) is 10.3 Å². The summed E-state index contributed by atoms with van der Waals surface area (Å²) in [5.74, 6) is 1.08. The third-order valence-corrected chi connectivity index (χ3v) is 4.87. The highest BCUT2D eigenvalue weighted by Crippen LogP contribution is 2.32. The normalized spacial score (nSPS) is 16.3. The minimum Gasteiger partial charge on any atom is -0.338 e. The molecular formula is C16H18ClFN6O. The van der Waals surface area contributed by atoms with Gasteiger partial charge in [0.1, 0.15) is 17.1 Å². The van der Waals surface area contributed by atoms with Gasteiger partial charge in [-0.15, -0.1) is 0 Å². The van der Waals surface area contributed by atoms with E-state index in [0.29, 0.717) is 17.5 Å². The molecule has 0 saturated carbocycles. The van der Waals surface area contributed by atoms with Crippen LogP contribution in [0.3, 0.4) is 0 Å². The second-order valence-electron chi connectivity index (χ2n) is 6.55. The van der Waals surface area contributed by atoms with Gasteiger partial charge in [0.25, 0.3) is 5.95 Å². The molecule has 3 aromatic rings. The molecule has 7 nitrogen and oxygen atoms in total. The van der Waals surface area contributed by atoms with Crippen LogP contribution in [0.15, 0.2) is 17.0 Å². The van der Waals surface area contributed by atoms with E-state index in [9.17, 15) is 4.39 Å². The molecule has 0 unspecified atom stereocenters. The lowest BCUT2D eigenvalue weighted by molar-refractivity contribution is 0.359. The van der Waals surface area contributed by atoms with Crippen molar-refractivity contribution in [3.63, 3.8) is 0 Å². The van der Waals surface area contributed by atoms with Gasteiger partial charge in [-0.3, -0.25) is 0 Å². The summed E-state index contributed by atoms with van der Waals surface area (Å²) < 4.78 is 21.4. The first-order valence-electron chi connectivity index (χ1n) is 8.29. The van der Waals surface area contributed by atoms with Crippen LogP contribution in [-0.4, -0.2) is 37.8 Å². The lowest BCUT2D eigenvalue weighted by Crippen LogP contribution is -2.35. The highest BCUT2D eigenvalue weighted by molar-refractivity contribution is 6.34. The average Bonchev–Trinajstić information content (AvgIpc) is 3.21. The lowest BCUT2D eigenvalue weighted by Gasteiger charge is -2.31. The van der Waals surface area contributed by atoms with E-state index in [1.807, 2.05) is 18.4 Å². The van der Waals surface area contributed by atoms with Crippen LogP contribution < -0.4 is 4.90 Å². The van der Waals surface area contributed by atoms with Gasteiger partial charge in [-0.1, -0.05) is 25.4 Å². The van der Waals surface area contributed by atoms with Crippen LogP contribution in [0.5, 0.6) is 0 Å². The molecule has 3 aromatic heterocycles. The van der Waals surface area contributed by atoms with Gasteiger partial charge in [-0.2, -0.15) is 4.98 Å². The van der Waals surface area contributed by atoms with Crippen molar-refractivity contribution < 1.29 is 8.91 Å². The molecule has 0 aromatic carbocycles. The number of rotatable bonds is 3. The van der Waals surface area contributed by atoms with Crippen LogP contribution in [0.1, 0.15) is 44.5 Å². The summed E-state index contributed by atoms with van der Waals surface area (Å²) in [5, 5.41) is 4.49. The number of aromatic nitrogens is 5. The van der Waals surface area contributed by atoms with Gasteiger partial charge < -0.3 is 14.0 Å². The molecule has 9 heteroatoms. The maximum atomic E-state index is 14.2. The van der Waals surface area contributed by atoms with Gasteiger partial charge >= 0.3 is 0 Å². The van der Waals surface area contributed by atoms with Crippen LogP contribution in [0, 0.1) is 5.82 Å². The fourth-order valence-electron chi connectivity index (χ4n) is 3.22. The molecule has 25 heavy (non-hydrogen) atoms. The standard InChI is InChI=1S/C16H18ClFN6O/c1-9(2)15-21-16(22-25-15)23-5-3-10(4-6-23)24-7-11(18)12-13(17)19-8-20-14(12)24/h7-10H,3-6H2,1-2H3. The fraction of sp³-hybridized carbons (Fsp3) is 0.500. The third-order valence-electron chi connectivity index (χ3n) is 4.58. The number of fused-ring (bicyclic) bond motifs is 1. The molecule has 0 aliphatic carbocycles. The summed E-state index contributed by atoms with van der Waals surface area (Å²) in [6.45, 7) is 5.56. The van der Waals surface area contributed by atoms with Crippen molar-refractivity contribution in [1.29, 1.82) is 0 Å². The van der Waals surface area contributed by atoms with Gasteiger partial charge in [0, 0.05) is 31.2 Å². The molecule has 1 aliphatic heterocycles. The summed E-state index contributed by atoms with van der Waals surface area (Å²) in [6, 6.07) is 0.144. The maximum Gasteiger partial charge on any atom is 0.266 e. The number of piperidine rings is 1. The van der Waals surface area contributed by atoms with Gasteiger partial charge in [0.2, 0.25) is 5.89 Å². The minimum atomic E-state index is -0.386. The molecule has 4 heterocycles. The quantitative estimate of drug-likeness (QED) is 0.661. The monoisotopic (exact) mass is 364 g/mol. The first-order chi connectivity index (χ1) is 12.0. The van der Waals surface area contributed by atoms with E-state index in [2.05, 4.69) is 25.0 Å². The molecular weight excluding hydrogens is 347 g/mol. The van der Waals surface area contributed by atoms with Crippen LogP contribution in [0.2, 0.25) is 5.15 Å². The van der Waals surface area contributed by atoms with Crippen molar-refractivity contribution in [2.75, 3.05) is 18.0 Å². The van der Waals surface area contributed by atoms with Crippen molar-refractivity contribution in [2.24, 2.45) is 0 Å². The number of anilines is 1. The number of nitrogens with zero attached hydrogens (tertiary/aromatic N) is 6. The second kappa shape index (κ2) is 6.25. The van der Waals surface area contributed by atoms with E-state index in [1.165, 1.54) is 12.5 Å². The van der Waals surface area contributed by atoms with Crippen molar-refractivity contribution in [2.45, 2.75) is 38.6 Å². The summed E-state index contributed by atoms with van der Waals surface area (Å²) >= 11 is 6.01. The maximum absolute atomic E-state index is 14.2. The van der Waals surface area contributed by atoms with E-state index < -0.39 is 0 Å². The predicted molar refractivity (Wildman–Crippen MR) is 91.4 cm³/mol. The highest BCUT2D eigenvalue weighted by Gasteiger charge is 2.26. The largest absolute Gasteiger partial charge is 0.338 e. The number of halogens is 2. The van der Waals surface area contributed by atoms with Crippen molar-refractivity contribution in [1.82, 2.24) is 24.7 Å². The molecule has 0 spiro atoms. The topological polar surface area (TPSA) is 72.9 Å². The Bertz CT molecular complexity index is 899. The molecule has 0 radical (unpaired) electrons. The summed E-state index contributed by atoms with van der Waals surface area (Å²) in [4.78, 5) is 14.6. The Morgan fingerprint density at radius 2 is 2.04 bits per heavy atom. The molecule has 0 amide bonds. The van der Waals surface area contributed by atoms with Gasteiger partial charge in [-0.25, -0.2) is 14.4 Å². The van der Waals surface area contributed by atoms with Crippen molar-refractivity contribution >= 4 is 28.6 Å². The van der Waals surface area contributed by atoms with Crippen LogP contribution in [0.25, 0.3) is 11.0 Å². The summed E-state index contributed by atoms with van der Waals surface area (Å²) in [7, 11) is 0.